The highest BCUT2D eigenvalue weighted by molar-refractivity contribution is 7.90. The summed E-state index contributed by atoms with van der Waals surface area (Å²) in [5.74, 6) is 0.0847. The smallest absolute Gasteiger partial charge is 0.268 e. The van der Waals surface area contributed by atoms with Crippen molar-refractivity contribution in [3.63, 3.8) is 0 Å². The van der Waals surface area contributed by atoms with Crippen molar-refractivity contribution >= 4 is 21.1 Å². The van der Waals surface area contributed by atoms with E-state index in [0.29, 0.717) is 23.4 Å². The van der Waals surface area contributed by atoms with Gasteiger partial charge in [-0.2, -0.15) is 0 Å². The molecule has 2 heterocycles. The number of pyridine rings is 1. The molecule has 39 heavy (non-hydrogen) atoms. The van der Waals surface area contributed by atoms with Crippen LogP contribution in [0.4, 0.5) is 4.39 Å². The van der Waals surface area contributed by atoms with E-state index in [1.54, 1.807) is 30.5 Å². The van der Waals surface area contributed by atoms with Gasteiger partial charge in [0.1, 0.15) is 18.1 Å². The van der Waals surface area contributed by atoms with Gasteiger partial charge in [0.25, 0.3) is 10.0 Å². The van der Waals surface area contributed by atoms with E-state index in [4.69, 9.17) is 9.72 Å². The molecule has 3 aromatic carbocycles. The summed E-state index contributed by atoms with van der Waals surface area (Å²) in [6.45, 7) is 10.1. The number of ether oxygens (including phenoxy) is 1. The molecule has 0 atom stereocenters. The first-order chi connectivity index (χ1) is 18.6. The molecule has 0 unspecified atom stereocenters. The third-order valence-electron chi connectivity index (χ3n) is 6.91. The van der Waals surface area contributed by atoms with Crippen molar-refractivity contribution in [2.45, 2.75) is 52.0 Å². The zero-order chi connectivity index (χ0) is 27.9. The number of aromatic nitrogens is 2. The Bertz CT molecular complexity index is 1750. The van der Waals surface area contributed by atoms with Crippen LogP contribution in [0.5, 0.6) is 5.75 Å². The zero-order valence-corrected chi connectivity index (χ0v) is 23.5. The van der Waals surface area contributed by atoms with Gasteiger partial charge in [-0.25, -0.2) is 21.8 Å². The molecule has 0 bridgehead atoms. The predicted molar refractivity (Wildman–Crippen MR) is 153 cm³/mol. The minimum Gasteiger partial charge on any atom is -0.489 e. The van der Waals surface area contributed by atoms with Crippen LogP contribution in [-0.4, -0.2) is 17.4 Å². The van der Waals surface area contributed by atoms with Crippen LogP contribution in [-0.2, 0) is 16.6 Å². The third-order valence-corrected chi connectivity index (χ3v) is 8.60. The van der Waals surface area contributed by atoms with E-state index < -0.39 is 15.8 Å². The van der Waals surface area contributed by atoms with Gasteiger partial charge in [0, 0.05) is 17.8 Å². The van der Waals surface area contributed by atoms with Gasteiger partial charge in [0.2, 0.25) is 0 Å². The summed E-state index contributed by atoms with van der Waals surface area (Å²) in [5, 5.41) is 0. The molecule has 5 rings (SSSR count). The minimum atomic E-state index is -3.95. The van der Waals surface area contributed by atoms with Crippen LogP contribution in [0.1, 0.15) is 47.6 Å². The first-order valence-electron chi connectivity index (χ1n) is 12.9. The summed E-state index contributed by atoms with van der Waals surface area (Å²) in [6.07, 6.45) is 1.57. The second-order valence-corrected chi connectivity index (χ2v) is 12.1. The van der Waals surface area contributed by atoms with E-state index in [-0.39, 0.29) is 22.0 Å². The van der Waals surface area contributed by atoms with Crippen molar-refractivity contribution < 1.29 is 17.5 Å². The highest BCUT2D eigenvalue weighted by atomic mass is 32.2. The first kappa shape index (κ1) is 26.6. The predicted octanol–water partition coefficient (Wildman–Crippen LogP) is 7.71. The molecule has 200 valence electrons. The summed E-state index contributed by atoms with van der Waals surface area (Å²) in [4.78, 5) is 4.89. The Morgan fingerprint density at radius 3 is 2.18 bits per heavy atom. The van der Waals surface area contributed by atoms with Crippen LogP contribution >= 0.6 is 0 Å². The summed E-state index contributed by atoms with van der Waals surface area (Å²) in [5.41, 5.74) is 5.95. The van der Waals surface area contributed by atoms with Gasteiger partial charge >= 0.3 is 0 Å². The lowest BCUT2D eigenvalue weighted by Crippen LogP contribution is -2.12. The Morgan fingerprint density at radius 2 is 1.56 bits per heavy atom. The molecule has 0 aliphatic rings. The molecule has 0 fully saturated rings. The summed E-state index contributed by atoms with van der Waals surface area (Å²) < 4.78 is 50.1. The van der Waals surface area contributed by atoms with Crippen LogP contribution in [0.3, 0.4) is 0 Å². The number of benzene rings is 3. The maximum Gasteiger partial charge on any atom is 0.268 e. The van der Waals surface area contributed by atoms with Gasteiger partial charge in [0.15, 0.2) is 5.82 Å². The Kier molecular flexibility index (Phi) is 7.03. The normalized spacial score (nSPS) is 11.9. The molecule has 5 nitrogen and oxygen atoms in total. The number of hydrogen-bond acceptors (Lipinski definition) is 4. The van der Waals surface area contributed by atoms with Crippen molar-refractivity contribution in [3.8, 4) is 17.0 Å². The van der Waals surface area contributed by atoms with Crippen molar-refractivity contribution in [2.24, 2.45) is 0 Å². The molecule has 0 N–H and O–H groups in total. The molecule has 0 aliphatic carbocycles. The monoisotopic (exact) mass is 542 g/mol. The van der Waals surface area contributed by atoms with Gasteiger partial charge in [-0.3, -0.25) is 0 Å². The summed E-state index contributed by atoms with van der Waals surface area (Å²) >= 11 is 0. The molecular weight excluding hydrogens is 511 g/mol. The Hall–Kier alpha value is -3.97. The van der Waals surface area contributed by atoms with Crippen LogP contribution in [0.25, 0.3) is 22.3 Å². The highest BCUT2D eigenvalue weighted by Crippen LogP contribution is 2.36. The standard InChI is InChI=1S/C32H31FN2O3S/c1-20(2)27-18-35(39(36,37)26-13-11-21(3)12-14-26)29-17-28(33)32(34-31(27)29)30-22(4)15-25(16-23(30)5)38-19-24-9-7-6-8-10-24/h6-18,20H,19H2,1-5H3. The van der Waals surface area contributed by atoms with E-state index in [0.717, 1.165) is 31.8 Å². The first-order valence-corrected chi connectivity index (χ1v) is 14.3. The zero-order valence-electron chi connectivity index (χ0n) is 22.7. The van der Waals surface area contributed by atoms with Crippen molar-refractivity contribution in [1.82, 2.24) is 8.96 Å². The quantitative estimate of drug-likeness (QED) is 0.211. The van der Waals surface area contributed by atoms with Crippen LogP contribution < -0.4 is 4.74 Å². The molecule has 0 amide bonds. The fourth-order valence-electron chi connectivity index (χ4n) is 4.86. The Labute approximate surface area is 229 Å². The van der Waals surface area contributed by atoms with Gasteiger partial charge in [-0.15, -0.1) is 0 Å². The van der Waals surface area contributed by atoms with E-state index in [2.05, 4.69) is 0 Å². The second kappa shape index (κ2) is 10.3. The molecule has 0 saturated heterocycles. The molecule has 7 heteroatoms. The third kappa shape index (κ3) is 5.06. The lowest BCUT2D eigenvalue weighted by Gasteiger charge is -2.15. The van der Waals surface area contributed by atoms with Gasteiger partial charge in [0.05, 0.1) is 15.9 Å². The van der Waals surface area contributed by atoms with Gasteiger partial charge in [-0.1, -0.05) is 61.9 Å². The van der Waals surface area contributed by atoms with E-state index in [1.165, 1.54) is 6.07 Å². The molecular formula is C32H31FN2O3S. The molecule has 5 aromatic rings. The molecule has 0 saturated carbocycles. The summed E-state index contributed by atoms with van der Waals surface area (Å²) in [7, 11) is -3.95. The molecule has 0 aliphatic heterocycles. The van der Waals surface area contributed by atoms with E-state index >= 15 is 4.39 Å². The minimum absolute atomic E-state index is 0.0243. The largest absolute Gasteiger partial charge is 0.489 e. The molecule has 0 spiro atoms. The fraction of sp³-hybridized carbons (Fsp3) is 0.219. The lowest BCUT2D eigenvalue weighted by atomic mass is 9.98. The SMILES string of the molecule is Cc1ccc(S(=O)(=O)n2cc(C(C)C)c3nc(-c4c(C)cc(OCc5ccccc5)cc4C)c(F)cc32)cc1. The maximum atomic E-state index is 15.8. The molecule has 2 aromatic heterocycles. The average Bonchev–Trinajstić information content (AvgIpc) is 3.27. The number of aryl methyl sites for hydroxylation is 3. The highest BCUT2D eigenvalue weighted by Gasteiger charge is 2.26. The number of rotatable bonds is 7. The number of fused-ring (bicyclic) bond motifs is 1. The van der Waals surface area contributed by atoms with Crippen LogP contribution in [0.2, 0.25) is 0 Å². The van der Waals surface area contributed by atoms with E-state index in [9.17, 15) is 8.42 Å². The maximum absolute atomic E-state index is 15.8. The Balaban J connectivity index is 1.60. The fourth-order valence-corrected chi connectivity index (χ4v) is 6.22. The van der Waals surface area contributed by atoms with Crippen LogP contribution in [0.15, 0.2) is 83.9 Å². The van der Waals surface area contributed by atoms with E-state index in [1.807, 2.05) is 77.1 Å². The Morgan fingerprint density at radius 1 is 0.923 bits per heavy atom. The number of halogens is 1. The van der Waals surface area contributed by atoms with Crippen molar-refractivity contribution in [3.05, 3.63) is 113 Å². The van der Waals surface area contributed by atoms with Crippen molar-refractivity contribution in [2.75, 3.05) is 0 Å². The van der Waals surface area contributed by atoms with Crippen molar-refractivity contribution in [1.29, 1.82) is 0 Å². The average molecular weight is 543 g/mol. The van der Waals surface area contributed by atoms with Gasteiger partial charge < -0.3 is 4.74 Å². The van der Waals surface area contributed by atoms with Gasteiger partial charge in [-0.05, 0) is 73.2 Å². The molecule has 0 radical (unpaired) electrons. The number of nitrogens with zero attached hydrogens (tertiary/aromatic N) is 2. The second-order valence-electron chi connectivity index (χ2n) is 10.2. The lowest BCUT2D eigenvalue weighted by molar-refractivity contribution is 0.306. The topological polar surface area (TPSA) is 61.2 Å². The summed E-state index contributed by atoms with van der Waals surface area (Å²) in [6, 6.07) is 21.6. The van der Waals surface area contributed by atoms with Crippen LogP contribution in [0, 0.1) is 26.6 Å². The number of hydrogen-bond donors (Lipinski definition) is 0.